The maximum atomic E-state index is 12.2. The van der Waals surface area contributed by atoms with Gasteiger partial charge in [-0.2, -0.15) is 5.10 Å². The van der Waals surface area contributed by atoms with Gasteiger partial charge in [-0.15, -0.1) is 0 Å². The van der Waals surface area contributed by atoms with Crippen LogP contribution in [0, 0.1) is 5.92 Å². The predicted octanol–water partition coefficient (Wildman–Crippen LogP) is 1.02. The van der Waals surface area contributed by atoms with Gasteiger partial charge in [0.2, 0.25) is 11.3 Å². The molecule has 122 valence electrons. The number of benzene rings is 1. The van der Waals surface area contributed by atoms with Crippen molar-refractivity contribution in [1.29, 1.82) is 0 Å². The zero-order valence-electron chi connectivity index (χ0n) is 13.2. The molecule has 1 atom stereocenters. The molecule has 1 aliphatic carbocycles. The number of carbonyl (C=O) groups is 1. The van der Waals surface area contributed by atoms with Gasteiger partial charge in [0.05, 0.1) is 24.4 Å². The highest BCUT2D eigenvalue weighted by Crippen LogP contribution is 2.32. The van der Waals surface area contributed by atoms with Gasteiger partial charge < -0.3 is 10.0 Å². The summed E-state index contributed by atoms with van der Waals surface area (Å²) in [6, 6.07) is 7.25. The second-order valence-electron chi connectivity index (χ2n) is 6.18. The van der Waals surface area contributed by atoms with Crippen LogP contribution in [0.25, 0.3) is 10.9 Å². The smallest absolute Gasteiger partial charge is 0.224 e. The maximum absolute atomic E-state index is 12.2. The average molecular weight is 315 g/mol. The second-order valence-corrected chi connectivity index (χ2v) is 6.18. The maximum Gasteiger partial charge on any atom is 0.224 e. The Morgan fingerprint density at radius 3 is 2.91 bits per heavy atom. The first-order valence-electron chi connectivity index (χ1n) is 7.93. The van der Waals surface area contributed by atoms with Crippen molar-refractivity contribution in [1.82, 2.24) is 14.7 Å². The number of aliphatic hydroxyl groups excluding tert-OH is 1. The molecule has 0 aliphatic heterocycles. The summed E-state index contributed by atoms with van der Waals surface area (Å²) in [5.74, 6) is 0.323. The van der Waals surface area contributed by atoms with Crippen molar-refractivity contribution in [3.63, 3.8) is 0 Å². The molecule has 1 N–H and O–H groups in total. The van der Waals surface area contributed by atoms with Crippen molar-refractivity contribution in [2.24, 2.45) is 5.92 Å². The first-order chi connectivity index (χ1) is 11.1. The number of aromatic nitrogens is 2. The molecule has 1 saturated carbocycles. The van der Waals surface area contributed by atoms with E-state index in [-0.39, 0.29) is 17.8 Å². The van der Waals surface area contributed by atoms with Gasteiger partial charge in [-0.3, -0.25) is 14.3 Å². The molecule has 0 bridgehead atoms. The average Bonchev–Trinajstić information content (AvgIpc) is 3.39. The van der Waals surface area contributed by atoms with Crippen LogP contribution in [0.1, 0.15) is 19.3 Å². The lowest BCUT2D eigenvalue weighted by atomic mass is 10.2. The molecule has 6 heteroatoms. The number of aliphatic hydroxyl groups is 1. The van der Waals surface area contributed by atoms with E-state index in [2.05, 4.69) is 5.10 Å². The quantitative estimate of drug-likeness (QED) is 0.863. The molecule has 0 saturated heterocycles. The highest BCUT2D eigenvalue weighted by atomic mass is 16.3. The van der Waals surface area contributed by atoms with Crippen LogP contribution in [0.2, 0.25) is 0 Å². The number of amides is 1. The molecule has 1 unspecified atom stereocenters. The van der Waals surface area contributed by atoms with Crippen molar-refractivity contribution >= 4 is 16.8 Å². The molecule has 0 radical (unpaired) electrons. The van der Waals surface area contributed by atoms with E-state index in [1.54, 1.807) is 22.7 Å². The van der Waals surface area contributed by atoms with Crippen LogP contribution in [0.4, 0.5) is 0 Å². The Morgan fingerprint density at radius 2 is 2.17 bits per heavy atom. The largest absolute Gasteiger partial charge is 0.391 e. The number of fused-ring (bicyclic) bond motifs is 1. The topological polar surface area (TPSA) is 75.4 Å². The lowest BCUT2D eigenvalue weighted by Crippen LogP contribution is -2.35. The van der Waals surface area contributed by atoms with Gasteiger partial charge in [0.15, 0.2) is 0 Å². The van der Waals surface area contributed by atoms with Crippen LogP contribution in [0.3, 0.4) is 0 Å². The number of hydrogen-bond acceptors (Lipinski definition) is 4. The van der Waals surface area contributed by atoms with Gasteiger partial charge in [0.1, 0.15) is 0 Å². The van der Waals surface area contributed by atoms with Gasteiger partial charge in [-0.05, 0) is 30.9 Å². The minimum atomic E-state index is -0.421. The third kappa shape index (κ3) is 3.59. The Kier molecular flexibility index (Phi) is 4.43. The fraction of sp³-hybridized carbons (Fsp3) is 0.471. The minimum absolute atomic E-state index is 0.0331. The minimum Gasteiger partial charge on any atom is -0.391 e. The van der Waals surface area contributed by atoms with Crippen molar-refractivity contribution < 1.29 is 9.90 Å². The fourth-order valence-corrected chi connectivity index (χ4v) is 2.74. The SMILES string of the molecule is CN(CC(O)C1CC1)C(=O)CCn1ncc(=O)c2ccccc21. The van der Waals surface area contributed by atoms with Crippen LogP contribution in [0.5, 0.6) is 0 Å². The van der Waals surface area contributed by atoms with Gasteiger partial charge in [-0.1, -0.05) is 12.1 Å². The van der Waals surface area contributed by atoms with E-state index >= 15 is 0 Å². The van der Waals surface area contributed by atoms with E-state index < -0.39 is 6.10 Å². The van der Waals surface area contributed by atoms with E-state index in [4.69, 9.17) is 0 Å². The molecule has 1 aromatic heterocycles. The number of rotatable bonds is 6. The summed E-state index contributed by atoms with van der Waals surface area (Å²) < 4.78 is 1.68. The summed E-state index contributed by atoms with van der Waals surface area (Å²) in [6.07, 6.45) is 3.25. The van der Waals surface area contributed by atoms with Gasteiger partial charge in [-0.25, -0.2) is 0 Å². The van der Waals surface area contributed by atoms with E-state index in [1.807, 2.05) is 18.2 Å². The molecular weight excluding hydrogens is 294 g/mol. The molecule has 1 aliphatic rings. The Hall–Kier alpha value is -2.21. The molecule has 3 rings (SSSR count). The second kappa shape index (κ2) is 6.50. The molecule has 1 heterocycles. The first kappa shape index (κ1) is 15.7. The number of carbonyl (C=O) groups excluding carboxylic acids is 1. The van der Waals surface area contributed by atoms with Crippen LogP contribution < -0.4 is 5.43 Å². The third-order valence-corrected chi connectivity index (χ3v) is 4.35. The summed E-state index contributed by atoms with van der Waals surface area (Å²) in [5, 5.41) is 14.6. The lowest BCUT2D eigenvalue weighted by Gasteiger charge is -2.21. The molecule has 1 amide bonds. The van der Waals surface area contributed by atoms with Gasteiger partial charge >= 0.3 is 0 Å². The standard InChI is InChI=1S/C17H21N3O3/c1-19(11-16(22)12-6-7-12)17(23)8-9-20-14-5-3-2-4-13(14)15(21)10-18-20/h2-5,10,12,16,22H,6-9,11H2,1H3. The number of nitrogens with zero attached hydrogens (tertiary/aromatic N) is 3. The number of aryl methyl sites for hydroxylation is 1. The van der Waals surface area contributed by atoms with Crippen molar-refractivity contribution in [3.8, 4) is 0 Å². The number of hydrogen-bond donors (Lipinski definition) is 1. The summed E-state index contributed by atoms with van der Waals surface area (Å²) in [4.78, 5) is 25.6. The third-order valence-electron chi connectivity index (χ3n) is 4.35. The zero-order valence-corrected chi connectivity index (χ0v) is 13.2. The van der Waals surface area contributed by atoms with E-state index in [0.717, 1.165) is 18.4 Å². The van der Waals surface area contributed by atoms with Crippen molar-refractivity contribution in [3.05, 3.63) is 40.7 Å². The molecular formula is C17H21N3O3. The van der Waals surface area contributed by atoms with E-state index in [9.17, 15) is 14.7 Å². The van der Waals surface area contributed by atoms with Gasteiger partial charge in [0, 0.05) is 25.4 Å². The summed E-state index contributed by atoms with van der Waals surface area (Å²) >= 11 is 0. The van der Waals surface area contributed by atoms with Crippen molar-refractivity contribution in [2.75, 3.05) is 13.6 Å². The van der Waals surface area contributed by atoms with E-state index in [0.29, 0.717) is 24.4 Å². The zero-order chi connectivity index (χ0) is 16.4. The Bertz CT molecular complexity index is 767. The first-order valence-corrected chi connectivity index (χ1v) is 7.93. The highest BCUT2D eigenvalue weighted by Gasteiger charge is 2.31. The summed E-state index contributed by atoms with van der Waals surface area (Å²) in [5.41, 5.74) is 0.612. The normalized spacial score (nSPS) is 15.6. The fourth-order valence-electron chi connectivity index (χ4n) is 2.74. The summed E-state index contributed by atoms with van der Waals surface area (Å²) in [6.45, 7) is 0.783. The van der Waals surface area contributed by atoms with Crippen molar-refractivity contribution in [2.45, 2.75) is 31.9 Å². The summed E-state index contributed by atoms with van der Waals surface area (Å²) in [7, 11) is 1.71. The Balaban J connectivity index is 1.65. The number of likely N-dealkylation sites (N-methyl/N-ethyl adjacent to an activating group) is 1. The molecule has 2 aromatic rings. The molecule has 0 spiro atoms. The molecule has 6 nitrogen and oxygen atoms in total. The molecule has 23 heavy (non-hydrogen) atoms. The number of para-hydroxylation sites is 1. The van der Waals surface area contributed by atoms with E-state index in [1.165, 1.54) is 6.20 Å². The Labute approximate surface area is 134 Å². The van der Waals surface area contributed by atoms with Crippen LogP contribution in [-0.4, -0.2) is 45.4 Å². The van der Waals surface area contributed by atoms with Crippen LogP contribution in [-0.2, 0) is 11.3 Å². The molecule has 1 fully saturated rings. The highest BCUT2D eigenvalue weighted by molar-refractivity contribution is 5.79. The lowest BCUT2D eigenvalue weighted by molar-refractivity contribution is -0.131. The molecule has 1 aromatic carbocycles. The predicted molar refractivity (Wildman–Crippen MR) is 87.0 cm³/mol. The monoisotopic (exact) mass is 315 g/mol. The van der Waals surface area contributed by atoms with Crippen LogP contribution in [0.15, 0.2) is 35.3 Å². The van der Waals surface area contributed by atoms with Crippen LogP contribution >= 0.6 is 0 Å². The van der Waals surface area contributed by atoms with Gasteiger partial charge in [0.25, 0.3) is 0 Å². The Morgan fingerprint density at radius 1 is 1.43 bits per heavy atom.